The summed E-state index contributed by atoms with van der Waals surface area (Å²) < 4.78 is 6.35. The maximum Gasteiger partial charge on any atom is 0.287 e. The van der Waals surface area contributed by atoms with Gasteiger partial charge in [0.05, 0.1) is 6.54 Å². The molecule has 0 aliphatic carbocycles. The molecule has 3 heteroatoms. The van der Waals surface area contributed by atoms with Crippen LogP contribution in [0.1, 0.15) is 20.8 Å². The average molecular weight is 309 g/mol. The molecule has 0 radical (unpaired) electrons. The lowest BCUT2D eigenvalue weighted by atomic mass is 10.2. The van der Waals surface area contributed by atoms with Crippen LogP contribution in [0.2, 0.25) is 5.04 Å². The van der Waals surface area contributed by atoms with E-state index in [0.717, 1.165) is 0 Å². The predicted octanol–water partition coefficient (Wildman–Crippen LogP) is 2.70. The van der Waals surface area contributed by atoms with Gasteiger partial charge in [0, 0.05) is 0 Å². The summed E-state index contributed by atoms with van der Waals surface area (Å²) in [7, 11) is -2.49. The Balaban J connectivity index is 2.62. The third kappa shape index (κ3) is 3.15. The Morgan fingerprint density at radius 2 is 1.41 bits per heavy atom. The summed E-state index contributed by atoms with van der Waals surface area (Å²) in [6.07, 6.45) is 5.37. The molecule has 22 heavy (non-hydrogen) atoms. The van der Waals surface area contributed by atoms with Gasteiger partial charge in [-0.05, 0) is 15.4 Å². The second-order valence-corrected chi connectivity index (χ2v) is 10.5. The van der Waals surface area contributed by atoms with E-state index in [1.165, 1.54) is 10.4 Å². The van der Waals surface area contributed by atoms with Crippen LogP contribution in [0.15, 0.2) is 60.7 Å². The predicted molar refractivity (Wildman–Crippen MR) is 95.5 cm³/mol. The van der Waals surface area contributed by atoms with Crippen molar-refractivity contribution in [3.63, 3.8) is 0 Å². The summed E-state index contributed by atoms with van der Waals surface area (Å²) in [5.74, 6) is 2.58. The normalized spacial score (nSPS) is 11.9. The fourth-order valence-electron chi connectivity index (χ4n) is 2.84. The van der Waals surface area contributed by atoms with Gasteiger partial charge in [-0.1, -0.05) is 87.4 Å². The van der Waals surface area contributed by atoms with E-state index in [2.05, 4.69) is 80.7 Å². The number of hydrogen-bond donors (Lipinski definition) is 1. The zero-order chi connectivity index (χ0) is 16.1. The molecule has 2 aromatic carbocycles. The number of rotatable bonds is 5. The molecule has 0 bridgehead atoms. The number of terminal acetylenes is 1. The van der Waals surface area contributed by atoms with Gasteiger partial charge in [0.2, 0.25) is 0 Å². The molecule has 0 heterocycles. The van der Waals surface area contributed by atoms with Gasteiger partial charge >= 0.3 is 0 Å². The Labute approximate surface area is 134 Å². The van der Waals surface area contributed by atoms with Crippen LogP contribution < -0.4 is 15.9 Å². The zero-order valence-electron chi connectivity index (χ0n) is 13.5. The Morgan fingerprint density at radius 1 is 0.955 bits per heavy atom. The van der Waals surface area contributed by atoms with Crippen LogP contribution in [0, 0.1) is 12.3 Å². The van der Waals surface area contributed by atoms with E-state index >= 15 is 0 Å². The lowest BCUT2D eigenvalue weighted by Crippen LogP contribution is -2.68. The minimum absolute atomic E-state index is 0.0443. The maximum atomic E-state index is 6.35. The van der Waals surface area contributed by atoms with Crippen molar-refractivity contribution in [2.75, 3.05) is 6.54 Å². The molecule has 0 unspecified atom stereocenters. The first kappa shape index (κ1) is 16.5. The molecule has 2 nitrogen and oxygen atoms in total. The van der Waals surface area contributed by atoms with Crippen molar-refractivity contribution in [3.05, 3.63) is 60.7 Å². The second kappa shape index (κ2) is 6.93. The molecule has 0 aliphatic rings. The lowest BCUT2D eigenvalue weighted by molar-refractivity contribution is 0.195. The van der Waals surface area contributed by atoms with Crippen molar-refractivity contribution in [2.45, 2.75) is 25.8 Å². The molecule has 0 saturated carbocycles. The largest absolute Gasteiger partial charge is 0.333 e. The van der Waals surface area contributed by atoms with Crippen LogP contribution in [0.3, 0.4) is 0 Å². The topological polar surface area (TPSA) is 21.3 Å². The van der Waals surface area contributed by atoms with E-state index in [4.69, 9.17) is 11.0 Å². The summed E-state index contributed by atoms with van der Waals surface area (Å²) >= 11 is 0. The van der Waals surface area contributed by atoms with Crippen molar-refractivity contribution in [3.8, 4) is 12.3 Å². The smallest absolute Gasteiger partial charge is 0.287 e. The van der Waals surface area contributed by atoms with Crippen molar-refractivity contribution < 1.29 is 4.53 Å². The molecule has 2 aromatic rings. The van der Waals surface area contributed by atoms with Gasteiger partial charge in [-0.25, -0.2) is 5.48 Å². The van der Waals surface area contributed by atoms with Crippen LogP contribution in [-0.4, -0.2) is 14.9 Å². The summed E-state index contributed by atoms with van der Waals surface area (Å²) in [5.41, 5.74) is 3.01. The van der Waals surface area contributed by atoms with Crippen LogP contribution in [0.25, 0.3) is 0 Å². The minimum Gasteiger partial charge on any atom is -0.333 e. The molecule has 0 fully saturated rings. The first-order valence-electron chi connectivity index (χ1n) is 7.48. The van der Waals surface area contributed by atoms with Crippen LogP contribution in [0.5, 0.6) is 0 Å². The molecular formula is C19H23NOSi. The molecule has 0 aliphatic heterocycles. The Hall–Kier alpha value is -1.86. The second-order valence-electron chi connectivity index (χ2n) is 6.29. The molecular weight excluding hydrogens is 286 g/mol. The third-order valence-electron chi connectivity index (χ3n) is 3.82. The highest BCUT2D eigenvalue weighted by Crippen LogP contribution is 2.35. The summed E-state index contributed by atoms with van der Waals surface area (Å²) in [6, 6.07) is 20.9. The Morgan fingerprint density at radius 3 is 1.77 bits per heavy atom. The monoisotopic (exact) mass is 309 g/mol. The Kier molecular flexibility index (Phi) is 5.20. The zero-order valence-corrected chi connectivity index (χ0v) is 14.5. The number of benzene rings is 2. The van der Waals surface area contributed by atoms with E-state index in [0.29, 0.717) is 6.54 Å². The summed E-state index contributed by atoms with van der Waals surface area (Å²) in [5, 5.41) is 2.42. The minimum atomic E-state index is -2.49. The highest BCUT2D eigenvalue weighted by atomic mass is 28.4. The molecule has 2 rings (SSSR count). The van der Waals surface area contributed by atoms with Crippen LogP contribution >= 0.6 is 0 Å². The summed E-state index contributed by atoms with van der Waals surface area (Å²) in [4.78, 5) is 0. The molecule has 0 atom stereocenters. The van der Waals surface area contributed by atoms with E-state index in [1.807, 2.05) is 12.1 Å². The third-order valence-corrected chi connectivity index (χ3v) is 8.67. The van der Waals surface area contributed by atoms with Crippen molar-refractivity contribution >= 4 is 18.7 Å². The summed E-state index contributed by atoms with van der Waals surface area (Å²) in [6.45, 7) is 7.09. The van der Waals surface area contributed by atoms with E-state index in [1.54, 1.807) is 0 Å². The average Bonchev–Trinajstić information content (AvgIpc) is 2.52. The molecule has 0 aromatic heterocycles. The SMILES string of the molecule is C#CCNO[Si](c1ccccc1)(c1ccccc1)C(C)(C)C. The molecule has 1 N–H and O–H groups in total. The number of hydrogen-bond acceptors (Lipinski definition) is 2. The van der Waals surface area contributed by atoms with Gasteiger partial charge in [0.25, 0.3) is 8.32 Å². The van der Waals surface area contributed by atoms with E-state index < -0.39 is 8.32 Å². The van der Waals surface area contributed by atoms with Gasteiger partial charge < -0.3 is 4.53 Å². The van der Waals surface area contributed by atoms with E-state index in [9.17, 15) is 0 Å². The molecule has 0 saturated heterocycles. The van der Waals surface area contributed by atoms with Gasteiger partial charge in [-0.2, -0.15) is 0 Å². The standard InChI is InChI=1S/C19H23NOSi/c1-5-16-20-21-22(19(2,3)4,17-12-8-6-9-13-17)18-14-10-7-11-15-18/h1,6-15,20H,16H2,2-4H3. The first-order chi connectivity index (χ1) is 10.5. The molecule has 114 valence electrons. The van der Waals surface area contributed by atoms with Gasteiger partial charge in [0.15, 0.2) is 0 Å². The quantitative estimate of drug-likeness (QED) is 0.397. The molecule has 0 amide bonds. The van der Waals surface area contributed by atoms with Gasteiger partial charge in [0.1, 0.15) is 0 Å². The van der Waals surface area contributed by atoms with Crippen molar-refractivity contribution in [1.29, 1.82) is 0 Å². The Bertz CT molecular complexity index is 586. The first-order valence-corrected chi connectivity index (χ1v) is 9.38. The van der Waals surface area contributed by atoms with Crippen LogP contribution in [0.4, 0.5) is 0 Å². The van der Waals surface area contributed by atoms with Gasteiger partial charge in [-0.3, -0.25) is 0 Å². The van der Waals surface area contributed by atoms with Crippen molar-refractivity contribution in [1.82, 2.24) is 5.48 Å². The lowest BCUT2D eigenvalue weighted by Gasteiger charge is -2.42. The maximum absolute atomic E-state index is 6.35. The van der Waals surface area contributed by atoms with Gasteiger partial charge in [-0.15, -0.1) is 6.42 Å². The van der Waals surface area contributed by atoms with Crippen LogP contribution in [-0.2, 0) is 4.53 Å². The highest BCUT2D eigenvalue weighted by Gasteiger charge is 2.50. The fourth-order valence-corrected chi connectivity index (χ4v) is 7.06. The number of hydroxylamine groups is 1. The number of nitrogens with one attached hydrogen (secondary N) is 1. The molecule has 0 spiro atoms. The fraction of sp³-hybridized carbons (Fsp3) is 0.263. The van der Waals surface area contributed by atoms with E-state index in [-0.39, 0.29) is 5.04 Å². The highest BCUT2D eigenvalue weighted by molar-refractivity contribution is 6.99. The van der Waals surface area contributed by atoms with Crippen molar-refractivity contribution in [2.24, 2.45) is 0 Å².